The number of hydrogen-bond acceptors (Lipinski definition) is 3. The van der Waals surface area contributed by atoms with Gasteiger partial charge in [-0.15, -0.1) is 0 Å². The zero-order valence-electron chi connectivity index (χ0n) is 16.6. The van der Waals surface area contributed by atoms with E-state index in [1.165, 1.54) is 6.42 Å². The Morgan fingerprint density at radius 3 is 2.43 bits per heavy atom. The highest BCUT2D eigenvalue weighted by Gasteiger charge is 2.53. The van der Waals surface area contributed by atoms with E-state index < -0.39 is 23.0 Å². The van der Waals surface area contributed by atoms with Crippen LogP contribution in [0.2, 0.25) is 0 Å². The summed E-state index contributed by atoms with van der Waals surface area (Å²) in [6, 6.07) is 3.38. The van der Waals surface area contributed by atoms with E-state index in [1.807, 2.05) is 13.8 Å². The van der Waals surface area contributed by atoms with Crippen molar-refractivity contribution < 1.29 is 17.7 Å². The molecule has 0 aromatic carbocycles. The van der Waals surface area contributed by atoms with Gasteiger partial charge < -0.3 is 4.55 Å². The lowest BCUT2D eigenvalue weighted by Crippen LogP contribution is -2.51. The van der Waals surface area contributed by atoms with Gasteiger partial charge in [-0.1, -0.05) is 31.1 Å². The molecule has 0 radical (unpaired) electrons. The molecule has 1 spiro atoms. The molecule has 0 N–H and O–H groups in total. The van der Waals surface area contributed by atoms with Crippen molar-refractivity contribution >= 4 is 11.2 Å². The van der Waals surface area contributed by atoms with Gasteiger partial charge in [0.2, 0.25) is 0 Å². The second kappa shape index (κ2) is 7.47. The summed E-state index contributed by atoms with van der Waals surface area (Å²) in [5.41, 5.74) is 1.14. The summed E-state index contributed by atoms with van der Waals surface area (Å²) in [6.07, 6.45) is 0.959. The Morgan fingerprint density at radius 2 is 1.86 bits per heavy atom. The highest BCUT2D eigenvalue weighted by Crippen LogP contribution is 2.45. The Bertz CT molecular complexity index is 710. The smallest absolute Gasteiger partial charge is 0.433 e. The first-order chi connectivity index (χ1) is 13.2. The van der Waals surface area contributed by atoms with Gasteiger partial charge in [0, 0.05) is 18.3 Å². The molecule has 1 aromatic heterocycles. The van der Waals surface area contributed by atoms with Crippen LogP contribution in [0.3, 0.4) is 0 Å². The predicted octanol–water partition coefficient (Wildman–Crippen LogP) is 4.70. The number of rotatable bonds is 3. The summed E-state index contributed by atoms with van der Waals surface area (Å²) in [5.74, 6) is 2.02. The second-order valence-electron chi connectivity index (χ2n) is 9.28. The number of alkyl halides is 3. The summed E-state index contributed by atoms with van der Waals surface area (Å²) >= 11 is -0.601. The van der Waals surface area contributed by atoms with Gasteiger partial charge in [-0.05, 0) is 62.1 Å². The minimum absolute atomic E-state index is 0.0204. The number of halogens is 3. The SMILES string of the molecule is CC(C)c1nc(C(F)(F)F)ccc1C1CCC(N2CCC3(C2)C[S+]([O-])C3)CC1. The number of likely N-dealkylation sites (tertiary alicyclic amines) is 1. The van der Waals surface area contributed by atoms with Crippen LogP contribution in [0, 0.1) is 5.41 Å². The summed E-state index contributed by atoms with van der Waals surface area (Å²) < 4.78 is 50.7. The van der Waals surface area contributed by atoms with Gasteiger partial charge in [-0.25, -0.2) is 4.98 Å². The second-order valence-corrected chi connectivity index (χ2v) is 10.7. The van der Waals surface area contributed by atoms with Crippen molar-refractivity contribution in [2.24, 2.45) is 5.41 Å². The van der Waals surface area contributed by atoms with Gasteiger partial charge in [-0.3, -0.25) is 4.90 Å². The maximum Gasteiger partial charge on any atom is 0.433 e. The fourth-order valence-corrected chi connectivity index (χ4v) is 7.11. The summed E-state index contributed by atoms with van der Waals surface area (Å²) in [5, 5.41) is 0. The van der Waals surface area contributed by atoms with Crippen LogP contribution in [0.15, 0.2) is 12.1 Å². The molecule has 2 aliphatic heterocycles. The standard InChI is InChI=1S/C21H29F3N2OS/c1-14(2)19-17(7-8-18(25-19)21(22,23)24)15-3-5-16(6-4-15)26-10-9-20(11-26)12-28(27)13-20/h7-8,14-16H,3-6,9-13H2,1-2H3. The number of pyridine rings is 1. The molecule has 3 fully saturated rings. The fourth-order valence-electron chi connectivity index (χ4n) is 5.36. The highest BCUT2D eigenvalue weighted by atomic mass is 32.2. The predicted molar refractivity (Wildman–Crippen MR) is 105 cm³/mol. The van der Waals surface area contributed by atoms with E-state index >= 15 is 0 Å². The molecular formula is C21H29F3N2OS. The molecule has 4 rings (SSSR count). The monoisotopic (exact) mass is 414 g/mol. The molecule has 0 bridgehead atoms. The van der Waals surface area contributed by atoms with Crippen molar-refractivity contribution in [2.75, 3.05) is 24.6 Å². The molecule has 0 unspecified atom stereocenters. The lowest BCUT2D eigenvalue weighted by molar-refractivity contribution is -0.141. The third kappa shape index (κ3) is 3.94. The molecule has 28 heavy (non-hydrogen) atoms. The Morgan fingerprint density at radius 1 is 1.18 bits per heavy atom. The van der Waals surface area contributed by atoms with Crippen LogP contribution >= 0.6 is 0 Å². The summed E-state index contributed by atoms with van der Waals surface area (Å²) in [7, 11) is 0. The Balaban J connectivity index is 1.41. The Hall–Kier alpha value is -0.790. The zero-order chi connectivity index (χ0) is 20.1. The normalized spacial score (nSPS) is 34.2. The van der Waals surface area contributed by atoms with Gasteiger partial charge in [0.25, 0.3) is 0 Å². The lowest BCUT2D eigenvalue weighted by atomic mass is 9.79. The largest absolute Gasteiger partial charge is 0.616 e. The molecule has 3 aliphatic rings. The lowest BCUT2D eigenvalue weighted by Gasteiger charge is -2.40. The highest BCUT2D eigenvalue weighted by molar-refractivity contribution is 7.92. The minimum Gasteiger partial charge on any atom is -0.616 e. The van der Waals surface area contributed by atoms with E-state index in [1.54, 1.807) is 6.07 Å². The van der Waals surface area contributed by atoms with Crippen molar-refractivity contribution in [3.63, 3.8) is 0 Å². The minimum atomic E-state index is -4.39. The third-order valence-corrected chi connectivity index (χ3v) is 8.72. The average molecular weight is 415 g/mol. The molecule has 3 nitrogen and oxygen atoms in total. The first kappa shape index (κ1) is 20.5. The number of hydrogen-bond donors (Lipinski definition) is 0. The zero-order valence-corrected chi connectivity index (χ0v) is 17.4. The first-order valence-corrected chi connectivity index (χ1v) is 11.8. The van der Waals surface area contributed by atoms with E-state index in [9.17, 15) is 17.7 Å². The first-order valence-electron chi connectivity index (χ1n) is 10.3. The molecule has 0 atom stereocenters. The molecule has 1 aromatic rings. The molecule has 1 aliphatic carbocycles. The van der Waals surface area contributed by atoms with Gasteiger partial charge in [0.15, 0.2) is 0 Å². The molecule has 3 heterocycles. The van der Waals surface area contributed by atoms with Crippen molar-refractivity contribution in [1.82, 2.24) is 9.88 Å². The van der Waals surface area contributed by atoms with Crippen molar-refractivity contribution in [3.8, 4) is 0 Å². The maximum atomic E-state index is 13.1. The molecular weight excluding hydrogens is 385 g/mol. The molecule has 7 heteroatoms. The van der Waals surface area contributed by atoms with Crippen molar-refractivity contribution in [2.45, 2.75) is 70.0 Å². The average Bonchev–Trinajstić information content (AvgIpc) is 3.05. The molecule has 0 amide bonds. The van der Waals surface area contributed by atoms with Crippen LogP contribution in [0.25, 0.3) is 0 Å². The van der Waals surface area contributed by atoms with Crippen molar-refractivity contribution in [1.29, 1.82) is 0 Å². The molecule has 156 valence electrons. The van der Waals surface area contributed by atoms with Gasteiger partial charge in [0.05, 0.1) is 5.41 Å². The van der Waals surface area contributed by atoms with E-state index in [4.69, 9.17) is 0 Å². The number of nitrogens with zero attached hydrogens (tertiary/aromatic N) is 2. The van der Waals surface area contributed by atoms with Crippen LogP contribution < -0.4 is 0 Å². The maximum absolute atomic E-state index is 13.1. The van der Waals surface area contributed by atoms with E-state index in [-0.39, 0.29) is 5.92 Å². The van der Waals surface area contributed by atoms with Crippen LogP contribution in [0.4, 0.5) is 13.2 Å². The quantitative estimate of drug-likeness (QED) is 0.673. The molecule has 1 saturated carbocycles. The van der Waals surface area contributed by atoms with Gasteiger partial charge in [0.1, 0.15) is 17.2 Å². The third-order valence-electron chi connectivity index (χ3n) is 6.85. The van der Waals surface area contributed by atoms with Crippen LogP contribution in [-0.4, -0.2) is 45.1 Å². The Labute approximate surface area is 168 Å². The van der Waals surface area contributed by atoms with E-state index in [0.29, 0.717) is 23.1 Å². The summed E-state index contributed by atoms with van der Waals surface area (Å²) in [6.45, 7) is 6.02. The van der Waals surface area contributed by atoms with E-state index in [2.05, 4.69) is 9.88 Å². The Kier molecular flexibility index (Phi) is 5.47. The van der Waals surface area contributed by atoms with E-state index in [0.717, 1.165) is 61.9 Å². The molecule has 2 saturated heterocycles. The number of aromatic nitrogens is 1. The van der Waals surface area contributed by atoms with Gasteiger partial charge >= 0.3 is 6.18 Å². The van der Waals surface area contributed by atoms with Crippen molar-refractivity contribution in [3.05, 3.63) is 29.1 Å². The van der Waals surface area contributed by atoms with Crippen LogP contribution in [0.5, 0.6) is 0 Å². The topological polar surface area (TPSA) is 39.2 Å². The van der Waals surface area contributed by atoms with Gasteiger partial charge in [-0.2, -0.15) is 13.2 Å². The van der Waals surface area contributed by atoms with Crippen LogP contribution in [0.1, 0.15) is 74.7 Å². The fraction of sp³-hybridized carbons (Fsp3) is 0.762. The summed E-state index contributed by atoms with van der Waals surface area (Å²) in [4.78, 5) is 6.58. The van der Waals surface area contributed by atoms with Crippen LogP contribution in [-0.2, 0) is 17.4 Å².